The van der Waals surface area contributed by atoms with E-state index < -0.39 is 21.8 Å². The minimum Gasteiger partial charge on any atom is -0.280 e. The van der Waals surface area contributed by atoms with Crippen LogP contribution in [0.4, 0.5) is 18.9 Å². The SMILES string of the molecule is O=S(=O)(Nc1ccc(C(F)(F)F)cc1)c1ccc(Cl)c(Cl)c1. The molecule has 0 unspecified atom stereocenters. The molecule has 2 aromatic carbocycles. The highest BCUT2D eigenvalue weighted by Gasteiger charge is 2.30. The molecule has 22 heavy (non-hydrogen) atoms. The molecule has 0 heterocycles. The van der Waals surface area contributed by atoms with Gasteiger partial charge in [0.1, 0.15) is 0 Å². The van der Waals surface area contributed by atoms with Crippen molar-refractivity contribution in [3.8, 4) is 0 Å². The van der Waals surface area contributed by atoms with Crippen LogP contribution in [0.25, 0.3) is 0 Å². The summed E-state index contributed by atoms with van der Waals surface area (Å²) in [5, 5.41) is 0.243. The van der Waals surface area contributed by atoms with Gasteiger partial charge >= 0.3 is 6.18 Å². The lowest BCUT2D eigenvalue weighted by atomic mass is 10.2. The van der Waals surface area contributed by atoms with E-state index in [2.05, 4.69) is 4.72 Å². The second-order valence-electron chi connectivity index (χ2n) is 4.26. The first-order valence-corrected chi connectivity index (χ1v) is 7.98. The molecule has 2 rings (SSSR count). The summed E-state index contributed by atoms with van der Waals surface area (Å²) in [6.07, 6.45) is -4.49. The van der Waals surface area contributed by atoms with Crippen molar-refractivity contribution in [3.05, 3.63) is 58.1 Å². The van der Waals surface area contributed by atoms with Crippen molar-refractivity contribution in [2.45, 2.75) is 11.1 Å². The average molecular weight is 370 g/mol. The molecule has 0 spiro atoms. The zero-order valence-electron chi connectivity index (χ0n) is 10.7. The molecule has 0 fully saturated rings. The fourth-order valence-electron chi connectivity index (χ4n) is 1.59. The van der Waals surface area contributed by atoms with Gasteiger partial charge in [0.25, 0.3) is 10.0 Å². The Hall–Kier alpha value is -1.44. The Labute approximate surface area is 134 Å². The van der Waals surface area contributed by atoms with E-state index in [1.807, 2.05) is 0 Å². The van der Waals surface area contributed by atoms with Crippen LogP contribution >= 0.6 is 23.2 Å². The van der Waals surface area contributed by atoms with Gasteiger partial charge in [0.05, 0.1) is 20.5 Å². The first-order chi connectivity index (χ1) is 10.1. The Kier molecular flexibility index (Phi) is 4.60. The first kappa shape index (κ1) is 16.9. The van der Waals surface area contributed by atoms with E-state index in [0.717, 1.165) is 30.3 Å². The smallest absolute Gasteiger partial charge is 0.280 e. The molecule has 2 aromatic rings. The highest BCUT2D eigenvalue weighted by atomic mass is 35.5. The summed E-state index contributed by atoms with van der Waals surface area (Å²) in [4.78, 5) is -0.151. The average Bonchev–Trinajstić information content (AvgIpc) is 2.41. The molecule has 0 bridgehead atoms. The number of hydrogen-bond donors (Lipinski definition) is 1. The van der Waals surface area contributed by atoms with E-state index in [9.17, 15) is 21.6 Å². The molecule has 0 aliphatic rings. The number of anilines is 1. The highest BCUT2D eigenvalue weighted by molar-refractivity contribution is 7.92. The zero-order valence-corrected chi connectivity index (χ0v) is 13.0. The highest BCUT2D eigenvalue weighted by Crippen LogP contribution is 2.30. The molecular weight excluding hydrogens is 362 g/mol. The quantitative estimate of drug-likeness (QED) is 0.843. The number of rotatable bonds is 3. The van der Waals surface area contributed by atoms with E-state index in [0.29, 0.717) is 0 Å². The number of nitrogens with one attached hydrogen (secondary N) is 1. The summed E-state index contributed by atoms with van der Waals surface area (Å²) in [7, 11) is -3.98. The van der Waals surface area contributed by atoms with Crippen molar-refractivity contribution < 1.29 is 21.6 Å². The Bertz CT molecular complexity index is 790. The number of benzene rings is 2. The van der Waals surface area contributed by atoms with Gasteiger partial charge in [-0.3, -0.25) is 4.72 Å². The third-order valence-electron chi connectivity index (χ3n) is 2.67. The summed E-state index contributed by atoms with van der Waals surface area (Å²) in [6.45, 7) is 0. The largest absolute Gasteiger partial charge is 0.416 e. The fourth-order valence-corrected chi connectivity index (χ4v) is 3.03. The summed E-state index contributed by atoms with van der Waals surface area (Å²) >= 11 is 11.4. The van der Waals surface area contributed by atoms with Gasteiger partial charge in [-0.2, -0.15) is 13.2 Å². The van der Waals surface area contributed by atoms with E-state index in [4.69, 9.17) is 23.2 Å². The second kappa shape index (κ2) is 5.98. The maximum absolute atomic E-state index is 12.4. The predicted molar refractivity (Wildman–Crippen MR) is 78.7 cm³/mol. The lowest BCUT2D eigenvalue weighted by Crippen LogP contribution is -2.13. The standard InChI is InChI=1S/C13H8Cl2F3NO2S/c14-11-6-5-10(7-12(11)15)22(20,21)19-9-3-1-8(2-4-9)13(16,17)18/h1-7,19H. The molecule has 0 aromatic heterocycles. The first-order valence-electron chi connectivity index (χ1n) is 5.75. The molecule has 118 valence electrons. The van der Waals surface area contributed by atoms with E-state index >= 15 is 0 Å². The van der Waals surface area contributed by atoms with E-state index in [1.54, 1.807) is 0 Å². The number of hydrogen-bond acceptors (Lipinski definition) is 2. The van der Waals surface area contributed by atoms with E-state index in [-0.39, 0.29) is 20.6 Å². The molecule has 0 saturated carbocycles. The third kappa shape index (κ3) is 3.85. The van der Waals surface area contributed by atoms with E-state index in [1.165, 1.54) is 12.1 Å². The Morgan fingerprint density at radius 1 is 0.909 bits per heavy atom. The van der Waals surface area contributed by atoms with Crippen LogP contribution in [0.5, 0.6) is 0 Å². The van der Waals surface area contributed by atoms with Gasteiger partial charge in [0.2, 0.25) is 0 Å². The van der Waals surface area contributed by atoms with Gasteiger partial charge in [-0.05, 0) is 42.5 Å². The minimum atomic E-state index is -4.49. The topological polar surface area (TPSA) is 46.2 Å². The molecule has 3 nitrogen and oxygen atoms in total. The van der Waals surface area contributed by atoms with Gasteiger partial charge in [-0.25, -0.2) is 8.42 Å². The van der Waals surface area contributed by atoms with Crippen LogP contribution in [-0.4, -0.2) is 8.42 Å². The molecule has 0 atom stereocenters. The number of halogens is 5. The van der Waals surface area contributed by atoms with Crippen LogP contribution in [0.2, 0.25) is 10.0 Å². The molecule has 1 N–H and O–H groups in total. The van der Waals surface area contributed by atoms with Crippen LogP contribution in [0.15, 0.2) is 47.4 Å². The molecule has 0 aliphatic heterocycles. The minimum absolute atomic E-state index is 0.000859. The van der Waals surface area contributed by atoms with Crippen LogP contribution in [0, 0.1) is 0 Å². The van der Waals surface area contributed by atoms with Crippen LogP contribution < -0.4 is 4.72 Å². The summed E-state index contributed by atoms with van der Waals surface area (Å²) < 4.78 is 63.7. The molecular formula is C13H8Cl2F3NO2S. The molecule has 9 heteroatoms. The van der Waals surface area contributed by atoms with Gasteiger partial charge in [0.15, 0.2) is 0 Å². The third-order valence-corrected chi connectivity index (χ3v) is 4.78. The maximum atomic E-state index is 12.4. The monoisotopic (exact) mass is 369 g/mol. The Balaban J connectivity index is 2.27. The van der Waals surface area contributed by atoms with Crippen LogP contribution in [0.3, 0.4) is 0 Å². The Morgan fingerprint density at radius 3 is 2.00 bits per heavy atom. The number of sulfonamides is 1. The van der Waals surface area contributed by atoms with Gasteiger partial charge in [0, 0.05) is 5.69 Å². The molecule has 0 aliphatic carbocycles. The van der Waals surface area contributed by atoms with Crippen molar-refractivity contribution in [2.24, 2.45) is 0 Å². The van der Waals surface area contributed by atoms with Gasteiger partial charge in [-0.1, -0.05) is 23.2 Å². The fraction of sp³-hybridized carbons (Fsp3) is 0.0769. The lowest BCUT2D eigenvalue weighted by molar-refractivity contribution is -0.137. The lowest BCUT2D eigenvalue weighted by Gasteiger charge is -2.10. The maximum Gasteiger partial charge on any atom is 0.416 e. The predicted octanol–water partition coefficient (Wildman–Crippen LogP) is 4.81. The van der Waals surface area contributed by atoms with Crippen molar-refractivity contribution >= 4 is 38.9 Å². The summed E-state index contributed by atoms with van der Waals surface area (Å²) in [5.41, 5.74) is -0.871. The summed E-state index contributed by atoms with van der Waals surface area (Å²) in [6, 6.07) is 7.32. The van der Waals surface area contributed by atoms with Crippen LogP contribution in [0.1, 0.15) is 5.56 Å². The van der Waals surface area contributed by atoms with Crippen molar-refractivity contribution in [1.82, 2.24) is 0 Å². The molecule has 0 radical (unpaired) electrons. The van der Waals surface area contributed by atoms with Gasteiger partial charge in [-0.15, -0.1) is 0 Å². The van der Waals surface area contributed by atoms with Crippen molar-refractivity contribution in [3.63, 3.8) is 0 Å². The van der Waals surface area contributed by atoms with Crippen molar-refractivity contribution in [2.75, 3.05) is 4.72 Å². The van der Waals surface area contributed by atoms with Crippen molar-refractivity contribution in [1.29, 1.82) is 0 Å². The zero-order chi connectivity index (χ0) is 16.5. The summed E-state index contributed by atoms with van der Waals surface area (Å²) in [5.74, 6) is 0. The number of alkyl halides is 3. The van der Waals surface area contributed by atoms with Crippen LogP contribution in [-0.2, 0) is 16.2 Å². The molecule has 0 amide bonds. The molecule has 0 saturated heterocycles. The second-order valence-corrected chi connectivity index (χ2v) is 6.75. The Morgan fingerprint density at radius 2 is 1.50 bits per heavy atom. The normalized spacial score (nSPS) is 12.2. The van der Waals surface area contributed by atoms with Gasteiger partial charge < -0.3 is 0 Å².